The molecule has 33 heavy (non-hydrogen) atoms. The highest BCUT2D eigenvalue weighted by Crippen LogP contribution is 2.53. The van der Waals surface area contributed by atoms with Gasteiger partial charge in [0.1, 0.15) is 34.6 Å². The molecule has 8 nitrogen and oxygen atoms in total. The zero-order chi connectivity index (χ0) is 24.6. The lowest BCUT2D eigenvalue weighted by Gasteiger charge is -2.65. The molecule has 0 bridgehead atoms. The Morgan fingerprint density at radius 3 is 2.15 bits per heavy atom. The average molecular weight is 463 g/mol. The fourth-order valence-corrected chi connectivity index (χ4v) is 5.30. The molecule has 182 valence electrons. The summed E-state index contributed by atoms with van der Waals surface area (Å²) in [5.74, 6) is -0.0852. The van der Waals surface area contributed by atoms with E-state index < -0.39 is 28.0 Å². The summed E-state index contributed by atoms with van der Waals surface area (Å²) in [6, 6.07) is 2.99. The summed E-state index contributed by atoms with van der Waals surface area (Å²) < 4.78 is 17.5. The van der Waals surface area contributed by atoms with E-state index in [1.165, 1.54) is 32.9 Å². The third-order valence-corrected chi connectivity index (χ3v) is 8.38. The van der Waals surface area contributed by atoms with Crippen LogP contribution in [0.2, 0.25) is 0 Å². The molecule has 4 rings (SSSR count). The van der Waals surface area contributed by atoms with Crippen LogP contribution in [0.1, 0.15) is 65.5 Å². The van der Waals surface area contributed by atoms with Gasteiger partial charge in [0, 0.05) is 17.0 Å². The van der Waals surface area contributed by atoms with Crippen LogP contribution in [0.25, 0.3) is 11.0 Å². The number of hydrogen-bond acceptors (Lipinski definition) is 8. The second kappa shape index (κ2) is 7.18. The number of ether oxygens (including phenoxy) is 2. The molecule has 0 spiro atoms. The number of rotatable bonds is 3. The minimum absolute atomic E-state index is 0.0526. The number of hydrogen-bond donors (Lipinski definition) is 4. The predicted molar refractivity (Wildman–Crippen MR) is 122 cm³/mol. The van der Waals surface area contributed by atoms with Crippen LogP contribution in [0.3, 0.4) is 0 Å². The lowest BCUT2D eigenvalue weighted by atomic mass is 9.59. The number of phenolic OH excluding ortho intramolecular Hbond substituents is 1. The summed E-state index contributed by atoms with van der Waals surface area (Å²) in [4.78, 5) is 12.4. The maximum Gasteiger partial charge on any atom is 0.339 e. The summed E-state index contributed by atoms with van der Waals surface area (Å²) in [5, 5.41) is 44.9. The number of phenols is 1. The Morgan fingerprint density at radius 2 is 1.52 bits per heavy atom. The van der Waals surface area contributed by atoms with Crippen LogP contribution in [-0.4, -0.2) is 55.0 Å². The summed E-state index contributed by atoms with van der Waals surface area (Å²) in [6.45, 7) is 8.73. The van der Waals surface area contributed by atoms with E-state index in [2.05, 4.69) is 0 Å². The van der Waals surface area contributed by atoms with Gasteiger partial charge in [-0.2, -0.15) is 0 Å². The smallest absolute Gasteiger partial charge is 0.339 e. The van der Waals surface area contributed by atoms with E-state index >= 15 is 0 Å². The molecule has 4 N–H and O–H groups in total. The second-order valence-electron chi connectivity index (χ2n) is 10.7. The van der Waals surface area contributed by atoms with Crippen molar-refractivity contribution >= 4 is 11.0 Å². The summed E-state index contributed by atoms with van der Waals surface area (Å²) >= 11 is 0. The van der Waals surface area contributed by atoms with E-state index in [4.69, 9.17) is 13.9 Å². The topological polar surface area (TPSA) is 130 Å². The van der Waals surface area contributed by atoms with Crippen LogP contribution in [0, 0.1) is 0 Å². The molecule has 2 heterocycles. The van der Waals surface area contributed by atoms with Crippen molar-refractivity contribution < 1.29 is 34.3 Å². The zero-order valence-corrected chi connectivity index (χ0v) is 20.1. The molecule has 1 aromatic carbocycles. The number of aliphatic hydroxyl groups is 3. The normalized spacial score (nSPS) is 35.9. The molecule has 0 amide bonds. The molecule has 2 aromatic rings. The van der Waals surface area contributed by atoms with Crippen LogP contribution >= 0.6 is 0 Å². The Morgan fingerprint density at radius 1 is 0.909 bits per heavy atom. The molecule has 4 unspecified atom stereocenters. The van der Waals surface area contributed by atoms with Gasteiger partial charge in [-0.25, -0.2) is 4.79 Å². The number of benzene rings is 1. The Hall–Kier alpha value is -2.13. The van der Waals surface area contributed by atoms with Crippen LogP contribution in [-0.2, 0) is 17.6 Å². The van der Waals surface area contributed by atoms with Crippen molar-refractivity contribution in [2.75, 3.05) is 6.61 Å². The lowest BCUT2D eigenvalue weighted by molar-refractivity contribution is -0.397. The number of aryl methyl sites for hydroxylation is 1. The Balaban J connectivity index is 1.71. The van der Waals surface area contributed by atoms with Gasteiger partial charge in [0.25, 0.3) is 0 Å². The van der Waals surface area contributed by atoms with E-state index in [0.29, 0.717) is 23.0 Å². The molecule has 8 heteroatoms. The molecule has 1 saturated heterocycles. The fraction of sp³-hybridized carbons (Fsp3) is 0.640. The fourth-order valence-electron chi connectivity index (χ4n) is 5.30. The lowest BCUT2D eigenvalue weighted by Crippen LogP contribution is -2.84. The van der Waals surface area contributed by atoms with E-state index in [1.807, 2.05) is 0 Å². The second-order valence-corrected chi connectivity index (χ2v) is 10.7. The number of aromatic hydroxyl groups is 1. The van der Waals surface area contributed by atoms with Crippen LogP contribution in [0.5, 0.6) is 11.5 Å². The van der Waals surface area contributed by atoms with Crippen molar-refractivity contribution in [1.82, 2.24) is 0 Å². The van der Waals surface area contributed by atoms with Crippen LogP contribution in [0.15, 0.2) is 21.3 Å². The molecule has 0 saturated carbocycles. The van der Waals surface area contributed by atoms with Crippen molar-refractivity contribution in [3.05, 3.63) is 33.7 Å². The minimum Gasteiger partial charge on any atom is -0.504 e. The summed E-state index contributed by atoms with van der Waals surface area (Å²) in [6.07, 6.45) is 3.31. The van der Waals surface area contributed by atoms with Gasteiger partial charge in [-0.3, -0.25) is 0 Å². The maximum atomic E-state index is 12.4. The van der Waals surface area contributed by atoms with Gasteiger partial charge in [-0.05, 0) is 78.9 Å². The van der Waals surface area contributed by atoms with E-state index in [-0.39, 0.29) is 23.7 Å². The van der Waals surface area contributed by atoms with Gasteiger partial charge in [0.05, 0.1) is 5.60 Å². The van der Waals surface area contributed by atoms with Crippen molar-refractivity contribution in [3.63, 3.8) is 0 Å². The van der Waals surface area contributed by atoms with Gasteiger partial charge >= 0.3 is 5.63 Å². The quantitative estimate of drug-likeness (QED) is 0.512. The van der Waals surface area contributed by atoms with Gasteiger partial charge in [0.15, 0.2) is 11.5 Å². The molecule has 1 aromatic heterocycles. The molecular formula is C25H34O8. The Kier molecular flexibility index (Phi) is 5.23. The standard InChI is InChI=1S/C25H34O8/c1-21(2)23(4,28)25(6,30)24(5,29)22(3,33-21)13-31-19-12-18-16(11-17(19)26)14-9-7-8-10-15(14)20(27)32-18/h11-12,26,28-30H,7-10,13H2,1-6H3. The van der Waals surface area contributed by atoms with E-state index in [1.54, 1.807) is 20.8 Å². The minimum atomic E-state index is -1.96. The van der Waals surface area contributed by atoms with Crippen molar-refractivity contribution in [2.24, 2.45) is 0 Å². The Bertz CT molecular complexity index is 1160. The van der Waals surface area contributed by atoms with Gasteiger partial charge < -0.3 is 34.3 Å². The summed E-state index contributed by atoms with van der Waals surface area (Å²) in [7, 11) is 0. The van der Waals surface area contributed by atoms with Crippen LogP contribution in [0.4, 0.5) is 0 Å². The highest BCUT2D eigenvalue weighted by Gasteiger charge is 2.72. The first kappa shape index (κ1) is 24.0. The maximum absolute atomic E-state index is 12.4. The molecular weight excluding hydrogens is 428 g/mol. The van der Waals surface area contributed by atoms with E-state index in [9.17, 15) is 25.2 Å². The summed E-state index contributed by atoms with van der Waals surface area (Å²) in [5.41, 5.74) is -6.89. The monoisotopic (exact) mass is 462 g/mol. The molecule has 1 fully saturated rings. The van der Waals surface area contributed by atoms with E-state index in [0.717, 1.165) is 24.8 Å². The molecule has 4 atom stereocenters. The average Bonchev–Trinajstić information content (AvgIpc) is 2.71. The third-order valence-electron chi connectivity index (χ3n) is 8.38. The highest BCUT2D eigenvalue weighted by atomic mass is 16.6. The molecule has 1 aliphatic carbocycles. The SMILES string of the molecule is CC1(C)OC(C)(COc2cc3oc(=O)c4c(c3cc2O)CCCC4)C(C)(O)C(C)(O)C1(C)O. The first-order valence-electron chi connectivity index (χ1n) is 11.4. The molecule has 2 aliphatic rings. The zero-order valence-electron chi connectivity index (χ0n) is 20.1. The van der Waals surface area contributed by atoms with Crippen molar-refractivity contribution in [1.29, 1.82) is 0 Å². The molecule has 0 radical (unpaired) electrons. The van der Waals surface area contributed by atoms with Crippen LogP contribution < -0.4 is 10.4 Å². The third kappa shape index (κ3) is 3.22. The molecule has 1 aliphatic heterocycles. The van der Waals surface area contributed by atoms with Crippen molar-refractivity contribution in [3.8, 4) is 11.5 Å². The van der Waals surface area contributed by atoms with Gasteiger partial charge in [-0.15, -0.1) is 0 Å². The number of fused-ring (bicyclic) bond motifs is 3. The van der Waals surface area contributed by atoms with Crippen molar-refractivity contribution in [2.45, 2.75) is 95.2 Å². The predicted octanol–water partition coefficient (Wildman–Crippen LogP) is 2.58. The highest BCUT2D eigenvalue weighted by molar-refractivity contribution is 5.85. The largest absolute Gasteiger partial charge is 0.504 e. The first-order valence-corrected chi connectivity index (χ1v) is 11.4. The van der Waals surface area contributed by atoms with Gasteiger partial charge in [0.2, 0.25) is 0 Å². The first-order chi connectivity index (χ1) is 15.1. The Labute approximate surface area is 192 Å². The van der Waals surface area contributed by atoms with Gasteiger partial charge in [-0.1, -0.05) is 0 Å².